The Bertz CT molecular complexity index is 105. The van der Waals surface area contributed by atoms with E-state index >= 15 is 0 Å². The maximum atomic E-state index is 9.38. The van der Waals surface area contributed by atoms with Crippen molar-refractivity contribution in [2.24, 2.45) is 0 Å². The molecule has 0 aliphatic heterocycles. The quantitative estimate of drug-likeness (QED) is 0.598. The van der Waals surface area contributed by atoms with Gasteiger partial charge >= 0.3 is 0 Å². The van der Waals surface area contributed by atoms with E-state index in [1.807, 2.05) is 19.9 Å². The SMILES string of the molecule is CC=C(C)C(O)CCCC. The molecule has 0 saturated heterocycles. The summed E-state index contributed by atoms with van der Waals surface area (Å²) in [5.74, 6) is 0. The van der Waals surface area contributed by atoms with Crippen LogP contribution in [-0.2, 0) is 0 Å². The van der Waals surface area contributed by atoms with E-state index in [0.29, 0.717) is 0 Å². The summed E-state index contributed by atoms with van der Waals surface area (Å²) in [5.41, 5.74) is 1.09. The van der Waals surface area contributed by atoms with Crippen molar-refractivity contribution in [2.45, 2.75) is 46.1 Å². The minimum Gasteiger partial charge on any atom is -0.389 e. The van der Waals surface area contributed by atoms with E-state index in [4.69, 9.17) is 0 Å². The first-order valence-electron chi connectivity index (χ1n) is 4.03. The Morgan fingerprint density at radius 3 is 2.60 bits per heavy atom. The summed E-state index contributed by atoms with van der Waals surface area (Å²) >= 11 is 0. The van der Waals surface area contributed by atoms with Crippen LogP contribution in [0.15, 0.2) is 11.6 Å². The highest BCUT2D eigenvalue weighted by molar-refractivity contribution is 5.02. The normalized spacial score (nSPS) is 15.4. The van der Waals surface area contributed by atoms with E-state index in [0.717, 1.165) is 24.8 Å². The van der Waals surface area contributed by atoms with Crippen LogP contribution in [0.1, 0.15) is 40.0 Å². The zero-order valence-corrected chi connectivity index (χ0v) is 7.22. The summed E-state index contributed by atoms with van der Waals surface area (Å²) in [6, 6.07) is 0. The van der Waals surface area contributed by atoms with E-state index in [2.05, 4.69) is 6.92 Å². The zero-order chi connectivity index (χ0) is 7.98. The Labute approximate surface area is 63.8 Å². The molecule has 1 atom stereocenters. The van der Waals surface area contributed by atoms with Crippen molar-refractivity contribution in [3.05, 3.63) is 11.6 Å². The van der Waals surface area contributed by atoms with Crippen LogP contribution in [0.25, 0.3) is 0 Å². The molecule has 0 heterocycles. The van der Waals surface area contributed by atoms with Gasteiger partial charge in [-0.15, -0.1) is 0 Å². The van der Waals surface area contributed by atoms with Crippen LogP contribution >= 0.6 is 0 Å². The van der Waals surface area contributed by atoms with Crippen LogP contribution in [-0.4, -0.2) is 11.2 Å². The fraction of sp³-hybridized carbons (Fsp3) is 0.778. The Kier molecular flexibility index (Phi) is 5.32. The number of rotatable bonds is 4. The molecule has 60 valence electrons. The molecule has 0 fully saturated rings. The fourth-order valence-corrected chi connectivity index (χ4v) is 0.818. The first-order chi connectivity index (χ1) is 4.72. The van der Waals surface area contributed by atoms with Crippen molar-refractivity contribution in [1.29, 1.82) is 0 Å². The third kappa shape index (κ3) is 3.67. The maximum absolute atomic E-state index is 9.38. The Balaban J connectivity index is 3.51. The molecule has 0 aromatic heterocycles. The summed E-state index contributed by atoms with van der Waals surface area (Å²) < 4.78 is 0. The van der Waals surface area contributed by atoms with E-state index in [1.54, 1.807) is 0 Å². The van der Waals surface area contributed by atoms with Gasteiger partial charge in [-0.2, -0.15) is 0 Å². The van der Waals surface area contributed by atoms with Crippen molar-refractivity contribution < 1.29 is 5.11 Å². The average Bonchev–Trinajstić information content (AvgIpc) is 1.98. The summed E-state index contributed by atoms with van der Waals surface area (Å²) in [6.07, 6.45) is 4.96. The smallest absolute Gasteiger partial charge is 0.0747 e. The molecule has 1 unspecified atom stereocenters. The number of unbranched alkanes of at least 4 members (excludes halogenated alkanes) is 1. The number of hydrogen-bond donors (Lipinski definition) is 1. The Morgan fingerprint density at radius 2 is 2.20 bits per heavy atom. The standard InChI is InChI=1S/C9H18O/c1-4-6-7-9(10)8(3)5-2/h5,9-10H,4,6-7H2,1-3H3. The minimum absolute atomic E-state index is 0.204. The monoisotopic (exact) mass is 142 g/mol. The van der Waals surface area contributed by atoms with Crippen LogP contribution in [0.5, 0.6) is 0 Å². The maximum Gasteiger partial charge on any atom is 0.0747 e. The highest BCUT2D eigenvalue weighted by atomic mass is 16.3. The van der Waals surface area contributed by atoms with Gasteiger partial charge in [0, 0.05) is 0 Å². The molecule has 1 heteroatoms. The van der Waals surface area contributed by atoms with Crippen molar-refractivity contribution in [3.8, 4) is 0 Å². The second-order valence-electron chi connectivity index (χ2n) is 2.69. The molecule has 1 N–H and O–H groups in total. The Hall–Kier alpha value is -0.300. The van der Waals surface area contributed by atoms with Crippen LogP contribution < -0.4 is 0 Å². The number of aliphatic hydroxyl groups excluding tert-OH is 1. The van der Waals surface area contributed by atoms with E-state index in [9.17, 15) is 5.11 Å². The first-order valence-corrected chi connectivity index (χ1v) is 4.03. The van der Waals surface area contributed by atoms with Crippen molar-refractivity contribution >= 4 is 0 Å². The van der Waals surface area contributed by atoms with Gasteiger partial charge < -0.3 is 5.11 Å². The predicted octanol–water partition coefficient (Wildman–Crippen LogP) is 2.50. The van der Waals surface area contributed by atoms with Crippen molar-refractivity contribution in [2.75, 3.05) is 0 Å². The van der Waals surface area contributed by atoms with Gasteiger partial charge in [0.2, 0.25) is 0 Å². The largest absolute Gasteiger partial charge is 0.389 e. The van der Waals surface area contributed by atoms with Crippen LogP contribution in [0, 0.1) is 0 Å². The third-order valence-corrected chi connectivity index (χ3v) is 1.81. The zero-order valence-electron chi connectivity index (χ0n) is 7.22. The lowest BCUT2D eigenvalue weighted by Crippen LogP contribution is -2.06. The summed E-state index contributed by atoms with van der Waals surface area (Å²) in [6.45, 7) is 6.07. The van der Waals surface area contributed by atoms with Crippen LogP contribution in [0.4, 0.5) is 0 Å². The van der Waals surface area contributed by atoms with Crippen LogP contribution in [0.3, 0.4) is 0 Å². The minimum atomic E-state index is -0.204. The molecule has 1 nitrogen and oxygen atoms in total. The van der Waals surface area contributed by atoms with Gasteiger partial charge in [0.15, 0.2) is 0 Å². The fourth-order valence-electron chi connectivity index (χ4n) is 0.818. The second-order valence-corrected chi connectivity index (χ2v) is 2.69. The molecular formula is C9H18O. The van der Waals surface area contributed by atoms with Gasteiger partial charge in [-0.05, 0) is 25.8 Å². The molecular weight excluding hydrogens is 124 g/mol. The van der Waals surface area contributed by atoms with Crippen LogP contribution in [0.2, 0.25) is 0 Å². The molecule has 0 rings (SSSR count). The summed E-state index contributed by atoms with van der Waals surface area (Å²) in [7, 11) is 0. The van der Waals surface area contributed by atoms with Gasteiger partial charge in [-0.1, -0.05) is 25.8 Å². The van der Waals surface area contributed by atoms with Gasteiger partial charge in [0.25, 0.3) is 0 Å². The number of aliphatic hydroxyl groups is 1. The predicted molar refractivity (Wildman–Crippen MR) is 45.0 cm³/mol. The lowest BCUT2D eigenvalue weighted by molar-refractivity contribution is 0.197. The van der Waals surface area contributed by atoms with Crippen molar-refractivity contribution in [1.82, 2.24) is 0 Å². The molecule has 0 saturated carbocycles. The molecule has 0 radical (unpaired) electrons. The molecule has 0 bridgehead atoms. The first kappa shape index (κ1) is 9.70. The Morgan fingerprint density at radius 1 is 1.60 bits per heavy atom. The van der Waals surface area contributed by atoms with Gasteiger partial charge in [0.1, 0.15) is 0 Å². The molecule has 0 aromatic rings. The number of hydrogen-bond acceptors (Lipinski definition) is 1. The van der Waals surface area contributed by atoms with E-state index in [1.165, 1.54) is 0 Å². The number of allylic oxidation sites excluding steroid dienone is 1. The van der Waals surface area contributed by atoms with Gasteiger partial charge in [-0.25, -0.2) is 0 Å². The van der Waals surface area contributed by atoms with Crippen molar-refractivity contribution in [3.63, 3.8) is 0 Å². The molecule has 0 aliphatic carbocycles. The summed E-state index contributed by atoms with van der Waals surface area (Å²) in [4.78, 5) is 0. The lowest BCUT2D eigenvalue weighted by atomic mass is 10.1. The average molecular weight is 142 g/mol. The molecule has 10 heavy (non-hydrogen) atoms. The lowest BCUT2D eigenvalue weighted by Gasteiger charge is -2.08. The second kappa shape index (κ2) is 5.48. The third-order valence-electron chi connectivity index (χ3n) is 1.81. The highest BCUT2D eigenvalue weighted by Crippen LogP contribution is 2.08. The van der Waals surface area contributed by atoms with Gasteiger partial charge in [0.05, 0.1) is 6.10 Å². The molecule has 0 aliphatic rings. The molecule has 0 amide bonds. The molecule has 0 spiro atoms. The molecule has 0 aromatic carbocycles. The van der Waals surface area contributed by atoms with E-state index in [-0.39, 0.29) is 6.10 Å². The topological polar surface area (TPSA) is 20.2 Å². The van der Waals surface area contributed by atoms with Gasteiger partial charge in [-0.3, -0.25) is 0 Å². The summed E-state index contributed by atoms with van der Waals surface area (Å²) in [5, 5.41) is 9.38. The van der Waals surface area contributed by atoms with E-state index < -0.39 is 0 Å². The highest BCUT2D eigenvalue weighted by Gasteiger charge is 2.02.